The number of aromatic nitrogens is 3. The van der Waals surface area contributed by atoms with Gasteiger partial charge >= 0.3 is 0 Å². The molecule has 27 heavy (non-hydrogen) atoms. The molecule has 3 heterocycles. The highest BCUT2D eigenvalue weighted by Crippen LogP contribution is 2.43. The van der Waals surface area contributed by atoms with Crippen molar-refractivity contribution in [2.45, 2.75) is 26.7 Å². The van der Waals surface area contributed by atoms with Crippen LogP contribution >= 0.6 is 0 Å². The van der Waals surface area contributed by atoms with Crippen LogP contribution in [-0.4, -0.2) is 44.8 Å². The summed E-state index contributed by atoms with van der Waals surface area (Å²) in [6.07, 6.45) is 1.72. The molecular formula is C20H22N6O. The first kappa shape index (κ1) is 17.2. The van der Waals surface area contributed by atoms with Gasteiger partial charge in [-0.3, -0.25) is 14.9 Å². The van der Waals surface area contributed by atoms with Crippen LogP contribution in [0, 0.1) is 0 Å². The van der Waals surface area contributed by atoms with Crippen molar-refractivity contribution >= 4 is 34.0 Å². The first-order valence-electron chi connectivity index (χ1n) is 9.05. The number of hydrogen-bond donors (Lipinski definition) is 2. The van der Waals surface area contributed by atoms with Crippen molar-refractivity contribution in [3.05, 3.63) is 36.0 Å². The summed E-state index contributed by atoms with van der Waals surface area (Å²) in [5.41, 5.74) is 11.8. The van der Waals surface area contributed by atoms with Crippen LogP contribution in [0.1, 0.15) is 32.3 Å². The van der Waals surface area contributed by atoms with Crippen LogP contribution in [0.3, 0.4) is 0 Å². The summed E-state index contributed by atoms with van der Waals surface area (Å²) < 4.78 is 0. The number of nitrogens with one attached hydrogen (secondary N) is 1. The summed E-state index contributed by atoms with van der Waals surface area (Å²) in [7, 11) is 0. The summed E-state index contributed by atoms with van der Waals surface area (Å²) in [6.45, 7) is 6.82. The molecule has 138 valence electrons. The fourth-order valence-corrected chi connectivity index (χ4v) is 3.66. The molecule has 7 nitrogen and oxygen atoms in total. The van der Waals surface area contributed by atoms with E-state index in [4.69, 9.17) is 10.7 Å². The Bertz CT molecular complexity index is 1050. The van der Waals surface area contributed by atoms with E-state index >= 15 is 0 Å². The number of pyridine rings is 1. The molecule has 2 aromatic heterocycles. The molecule has 1 aliphatic heterocycles. The molecule has 0 saturated heterocycles. The fraction of sp³-hybridized carbons (Fsp3) is 0.300. The number of nitrogens with zero attached hydrogens (tertiary/aromatic N) is 4. The SMILES string of the molecule is CCN(CC1=Nc2c(N)nc3cc(-c4ccn[nH]4)ccc3c2C1C)C(C)=O. The van der Waals surface area contributed by atoms with Crippen molar-refractivity contribution in [3.63, 3.8) is 0 Å². The number of rotatable bonds is 4. The average Bonchev–Trinajstić information content (AvgIpc) is 3.28. The zero-order valence-electron chi connectivity index (χ0n) is 15.7. The molecule has 0 fully saturated rings. The maximum Gasteiger partial charge on any atom is 0.219 e. The van der Waals surface area contributed by atoms with E-state index in [1.807, 2.05) is 25.1 Å². The summed E-state index contributed by atoms with van der Waals surface area (Å²) in [5.74, 6) is 0.551. The normalized spacial score (nSPS) is 15.7. The number of benzene rings is 1. The molecule has 7 heteroatoms. The average molecular weight is 362 g/mol. The van der Waals surface area contributed by atoms with E-state index in [0.717, 1.165) is 39.1 Å². The number of nitrogen functional groups attached to an aromatic ring is 1. The van der Waals surface area contributed by atoms with Crippen molar-refractivity contribution < 1.29 is 4.79 Å². The number of H-pyrrole nitrogens is 1. The fourth-order valence-electron chi connectivity index (χ4n) is 3.66. The van der Waals surface area contributed by atoms with Crippen molar-refractivity contribution in [1.82, 2.24) is 20.1 Å². The minimum Gasteiger partial charge on any atom is -0.382 e. The van der Waals surface area contributed by atoms with Crippen LogP contribution in [0.2, 0.25) is 0 Å². The molecule has 3 N–H and O–H groups in total. The highest BCUT2D eigenvalue weighted by atomic mass is 16.2. The minimum absolute atomic E-state index is 0.0449. The Hall–Kier alpha value is -3.22. The van der Waals surface area contributed by atoms with Crippen molar-refractivity contribution in [1.29, 1.82) is 0 Å². The molecule has 4 rings (SSSR count). The van der Waals surface area contributed by atoms with Gasteiger partial charge in [0, 0.05) is 42.2 Å². The van der Waals surface area contributed by atoms with Gasteiger partial charge in [0.05, 0.1) is 17.8 Å². The minimum atomic E-state index is 0.0449. The van der Waals surface area contributed by atoms with E-state index in [-0.39, 0.29) is 11.8 Å². The van der Waals surface area contributed by atoms with E-state index in [0.29, 0.717) is 18.9 Å². The summed E-state index contributed by atoms with van der Waals surface area (Å²) >= 11 is 0. The summed E-state index contributed by atoms with van der Waals surface area (Å²) in [5, 5.41) is 8.02. The Morgan fingerprint density at radius 1 is 1.33 bits per heavy atom. The number of fused-ring (bicyclic) bond motifs is 3. The topological polar surface area (TPSA) is 100 Å². The standard InChI is InChI=1S/C20H22N6O/c1-4-26(12(3)27)10-17-11(2)18-14-6-5-13(15-7-8-22-25-15)9-16(14)24-20(21)19(18)23-17/h5-9,11H,4,10H2,1-3H3,(H2,21,24)(H,22,25). The predicted molar refractivity (Wildman–Crippen MR) is 107 cm³/mol. The third-order valence-electron chi connectivity index (χ3n) is 5.21. The van der Waals surface area contributed by atoms with Gasteiger partial charge in [-0.15, -0.1) is 0 Å². The molecule has 1 aromatic carbocycles. The maximum atomic E-state index is 11.8. The molecule has 1 amide bonds. The summed E-state index contributed by atoms with van der Waals surface area (Å²) in [6, 6.07) is 8.04. The monoisotopic (exact) mass is 362 g/mol. The molecule has 1 atom stereocenters. The van der Waals surface area contributed by atoms with E-state index in [1.165, 1.54) is 0 Å². The van der Waals surface area contributed by atoms with E-state index in [9.17, 15) is 4.79 Å². The van der Waals surface area contributed by atoms with Gasteiger partial charge in [-0.1, -0.05) is 19.1 Å². The maximum absolute atomic E-state index is 11.8. The molecule has 0 saturated carbocycles. The van der Waals surface area contributed by atoms with Gasteiger partial charge in [-0.25, -0.2) is 4.98 Å². The molecule has 0 aliphatic carbocycles. The highest BCUT2D eigenvalue weighted by molar-refractivity contribution is 6.07. The molecule has 1 unspecified atom stereocenters. The number of anilines is 1. The van der Waals surface area contributed by atoms with Gasteiger partial charge in [0.15, 0.2) is 0 Å². The third-order valence-corrected chi connectivity index (χ3v) is 5.21. The van der Waals surface area contributed by atoms with Gasteiger partial charge in [-0.05, 0) is 24.6 Å². The van der Waals surface area contributed by atoms with Crippen LogP contribution < -0.4 is 5.73 Å². The lowest BCUT2D eigenvalue weighted by atomic mass is 9.93. The van der Waals surface area contributed by atoms with Gasteiger partial charge in [0.25, 0.3) is 0 Å². The number of amides is 1. The smallest absolute Gasteiger partial charge is 0.219 e. The summed E-state index contributed by atoms with van der Waals surface area (Å²) in [4.78, 5) is 22.9. The molecule has 0 bridgehead atoms. The van der Waals surface area contributed by atoms with Gasteiger partial charge in [-0.2, -0.15) is 5.10 Å². The van der Waals surface area contributed by atoms with Crippen molar-refractivity contribution in [2.75, 3.05) is 18.8 Å². The van der Waals surface area contributed by atoms with Gasteiger partial charge in [0.2, 0.25) is 5.91 Å². The van der Waals surface area contributed by atoms with Crippen molar-refractivity contribution in [2.24, 2.45) is 4.99 Å². The molecule has 0 spiro atoms. The van der Waals surface area contributed by atoms with Crippen LogP contribution in [0.25, 0.3) is 22.2 Å². The van der Waals surface area contributed by atoms with Crippen LogP contribution in [0.15, 0.2) is 35.5 Å². The molecular weight excluding hydrogens is 340 g/mol. The number of aliphatic imine (C=N–C) groups is 1. The lowest BCUT2D eigenvalue weighted by Gasteiger charge is -2.21. The highest BCUT2D eigenvalue weighted by Gasteiger charge is 2.29. The van der Waals surface area contributed by atoms with E-state index < -0.39 is 0 Å². The molecule has 3 aromatic rings. The lowest BCUT2D eigenvalue weighted by Crippen LogP contribution is -2.34. The predicted octanol–water partition coefficient (Wildman–Crippen LogP) is 3.27. The van der Waals surface area contributed by atoms with Gasteiger partial charge in [0.1, 0.15) is 11.5 Å². The van der Waals surface area contributed by atoms with Crippen LogP contribution in [-0.2, 0) is 4.79 Å². The first-order valence-corrected chi connectivity index (χ1v) is 9.05. The quantitative estimate of drug-likeness (QED) is 0.744. The Kier molecular flexibility index (Phi) is 4.14. The Morgan fingerprint density at radius 2 is 2.15 bits per heavy atom. The zero-order valence-corrected chi connectivity index (χ0v) is 15.7. The Balaban J connectivity index is 1.77. The number of nitrogens with two attached hydrogens (primary N) is 1. The second kappa shape index (κ2) is 6.50. The number of hydrogen-bond acceptors (Lipinski definition) is 5. The number of aromatic amines is 1. The van der Waals surface area contributed by atoms with Gasteiger partial charge < -0.3 is 10.6 Å². The van der Waals surface area contributed by atoms with E-state index in [1.54, 1.807) is 18.0 Å². The van der Waals surface area contributed by atoms with E-state index in [2.05, 4.69) is 28.2 Å². The Morgan fingerprint density at radius 3 is 2.81 bits per heavy atom. The van der Waals surface area contributed by atoms with Crippen molar-refractivity contribution in [3.8, 4) is 11.3 Å². The number of carbonyl (C=O) groups excluding carboxylic acids is 1. The molecule has 1 aliphatic rings. The zero-order chi connectivity index (χ0) is 19.1. The third kappa shape index (κ3) is 2.85. The number of carbonyl (C=O) groups is 1. The van der Waals surface area contributed by atoms with Crippen LogP contribution in [0.4, 0.5) is 11.5 Å². The second-order valence-electron chi connectivity index (χ2n) is 6.82. The Labute approximate surface area is 157 Å². The molecule has 0 radical (unpaired) electrons. The van der Waals surface area contributed by atoms with Crippen LogP contribution in [0.5, 0.6) is 0 Å². The first-order chi connectivity index (χ1) is 13.0. The largest absolute Gasteiger partial charge is 0.382 e. The lowest BCUT2D eigenvalue weighted by molar-refractivity contribution is -0.127. The second-order valence-corrected chi connectivity index (χ2v) is 6.82.